The molecule has 4 nitrogen and oxygen atoms in total. The minimum atomic E-state index is -0.436. The molecule has 0 spiro atoms. The average molecular weight is 416 g/mol. The topological polar surface area (TPSA) is 58.2 Å². The summed E-state index contributed by atoms with van der Waals surface area (Å²) < 4.78 is 0.959. The van der Waals surface area contributed by atoms with Crippen molar-refractivity contribution in [2.75, 3.05) is 11.9 Å². The second kappa shape index (κ2) is 7.81. The molecule has 2 rings (SSSR count). The molecule has 0 unspecified atom stereocenters. The molecule has 0 heterocycles. The fourth-order valence-electron chi connectivity index (χ4n) is 1.86. The zero-order valence-electron chi connectivity index (χ0n) is 12.1. The van der Waals surface area contributed by atoms with Crippen molar-refractivity contribution < 1.29 is 9.59 Å². The van der Waals surface area contributed by atoms with E-state index in [1.165, 1.54) is 12.1 Å². The molecule has 0 aliphatic rings. The van der Waals surface area contributed by atoms with E-state index in [1.54, 1.807) is 12.1 Å². The molecular weight excluding hydrogens is 403 g/mol. The minimum Gasteiger partial charge on any atom is -0.343 e. The van der Waals surface area contributed by atoms with Crippen molar-refractivity contribution >= 4 is 56.6 Å². The van der Waals surface area contributed by atoms with Gasteiger partial charge in [0, 0.05) is 15.2 Å². The second-order valence-corrected chi connectivity index (χ2v) is 6.52. The monoisotopic (exact) mass is 414 g/mol. The van der Waals surface area contributed by atoms with E-state index in [4.69, 9.17) is 23.2 Å². The number of rotatable bonds is 4. The first-order valence-corrected chi connectivity index (χ1v) is 8.21. The molecule has 2 amide bonds. The Kier molecular flexibility index (Phi) is 6.04. The van der Waals surface area contributed by atoms with Crippen LogP contribution in [0.1, 0.15) is 15.9 Å². The predicted octanol–water partition coefficient (Wildman–Crippen LogP) is 4.43. The van der Waals surface area contributed by atoms with E-state index >= 15 is 0 Å². The Labute approximate surface area is 152 Å². The molecule has 0 aliphatic heterocycles. The standard InChI is InChI=1S/C16H13BrCl2N2O2/c1-9-6-11(3-5-13(9)17)21-15(22)8-20-16(23)12-4-2-10(18)7-14(12)19/h2-7H,8H2,1H3,(H,20,23)(H,21,22). The fourth-order valence-corrected chi connectivity index (χ4v) is 2.60. The van der Waals surface area contributed by atoms with E-state index in [9.17, 15) is 9.59 Å². The summed E-state index contributed by atoms with van der Waals surface area (Å²) in [5, 5.41) is 5.90. The highest BCUT2D eigenvalue weighted by atomic mass is 79.9. The summed E-state index contributed by atoms with van der Waals surface area (Å²) in [4.78, 5) is 23.9. The number of benzene rings is 2. The van der Waals surface area contributed by atoms with Gasteiger partial charge in [-0.2, -0.15) is 0 Å². The fraction of sp³-hybridized carbons (Fsp3) is 0.125. The summed E-state index contributed by atoms with van der Waals surface area (Å²) in [7, 11) is 0. The van der Waals surface area contributed by atoms with E-state index in [1.807, 2.05) is 19.1 Å². The van der Waals surface area contributed by atoms with Gasteiger partial charge in [0.15, 0.2) is 0 Å². The van der Waals surface area contributed by atoms with Gasteiger partial charge in [-0.1, -0.05) is 39.1 Å². The number of hydrogen-bond donors (Lipinski definition) is 2. The van der Waals surface area contributed by atoms with Gasteiger partial charge in [-0.15, -0.1) is 0 Å². The number of aryl methyl sites for hydroxylation is 1. The van der Waals surface area contributed by atoms with Crippen LogP contribution in [0, 0.1) is 6.92 Å². The Bertz CT molecular complexity index is 766. The molecule has 0 aliphatic carbocycles. The molecule has 23 heavy (non-hydrogen) atoms. The van der Waals surface area contributed by atoms with Crippen LogP contribution in [0.25, 0.3) is 0 Å². The summed E-state index contributed by atoms with van der Waals surface area (Å²) in [6.45, 7) is 1.76. The maximum Gasteiger partial charge on any atom is 0.253 e. The molecule has 0 aromatic heterocycles. The number of nitrogens with one attached hydrogen (secondary N) is 2. The van der Waals surface area contributed by atoms with E-state index in [0.29, 0.717) is 10.7 Å². The summed E-state index contributed by atoms with van der Waals surface area (Å²) in [5.74, 6) is -0.765. The Balaban J connectivity index is 1.93. The summed E-state index contributed by atoms with van der Waals surface area (Å²) in [6, 6.07) is 10.00. The maximum absolute atomic E-state index is 12.0. The van der Waals surface area contributed by atoms with Gasteiger partial charge in [-0.05, 0) is 48.9 Å². The van der Waals surface area contributed by atoms with Crippen LogP contribution < -0.4 is 10.6 Å². The van der Waals surface area contributed by atoms with Crippen molar-refractivity contribution in [3.05, 3.63) is 62.0 Å². The van der Waals surface area contributed by atoms with Crippen LogP contribution in [-0.2, 0) is 4.79 Å². The van der Waals surface area contributed by atoms with Gasteiger partial charge >= 0.3 is 0 Å². The largest absolute Gasteiger partial charge is 0.343 e. The van der Waals surface area contributed by atoms with Crippen LogP contribution in [0.15, 0.2) is 40.9 Å². The van der Waals surface area contributed by atoms with E-state index in [-0.39, 0.29) is 23.0 Å². The van der Waals surface area contributed by atoms with Crippen LogP contribution in [0.2, 0.25) is 10.0 Å². The third-order valence-corrected chi connectivity index (χ3v) is 4.46. The maximum atomic E-state index is 12.0. The molecule has 0 atom stereocenters. The molecule has 2 N–H and O–H groups in total. The van der Waals surface area contributed by atoms with Gasteiger partial charge in [0.05, 0.1) is 17.1 Å². The van der Waals surface area contributed by atoms with Crippen LogP contribution in [0.5, 0.6) is 0 Å². The lowest BCUT2D eigenvalue weighted by Crippen LogP contribution is -2.33. The van der Waals surface area contributed by atoms with Crippen molar-refractivity contribution in [1.82, 2.24) is 5.32 Å². The lowest BCUT2D eigenvalue weighted by Gasteiger charge is -2.09. The van der Waals surface area contributed by atoms with Gasteiger partial charge in [0.2, 0.25) is 5.91 Å². The smallest absolute Gasteiger partial charge is 0.253 e. The Morgan fingerprint density at radius 1 is 1.13 bits per heavy atom. The second-order valence-electron chi connectivity index (χ2n) is 4.82. The van der Waals surface area contributed by atoms with Crippen molar-refractivity contribution in [3.63, 3.8) is 0 Å². The molecule has 2 aromatic carbocycles. The van der Waals surface area contributed by atoms with Crippen molar-refractivity contribution in [2.45, 2.75) is 6.92 Å². The normalized spacial score (nSPS) is 10.3. The van der Waals surface area contributed by atoms with E-state index in [0.717, 1.165) is 10.0 Å². The van der Waals surface area contributed by atoms with Crippen molar-refractivity contribution in [1.29, 1.82) is 0 Å². The van der Waals surface area contributed by atoms with E-state index in [2.05, 4.69) is 26.6 Å². The number of anilines is 1. The number of carbonyl (C=O) groups is 2. The molecular formula is C16H13BrCl2N2O2. The van der Waals surface area contributed by atoms with Gasteiger partial charge in [0.25, 0.3) is 5.91 Å². The summed E-state index contributed by atoms with van der Waals surface area (Å²) >= 11 is 15.1. The van der Waals surface area contributed by atoms with Crippen LogP contribution >= 0.6 is 39.1 Å². The SMILES string of the molecule is Cc1cc(NC(=O)CNC(=O)c2ccc(Cl)cc2Cl)ccc1Br. The third kappa shape index (κ3) is 4.96. The van der Waals surface area contributed by atoms with Gasteiger partial charge in [0.1, 0.15) is 0 Å². The highest BCUT2D eigenvalue weighted by molar-refractivity contribution is 9.10. The molecule has 2 aromatic rings. The summed E-state index contributed by atoms with van der Waals surface area (Å²) in [5.41, 5.74) is 1.93. The molecule has 0 saturated heterocycles. The van der Waals surface area contributed by atoms with Gasteiger partial charge in [-0.3, -0.25) is 9.59 Å². The zero-order chi connectivity index (χ0) is 17.0. The molecule has 0 saturated carbocycles. The number of carbonyl (C=O) groups excluding carboxylic acids is 2. The average Bonchev–Trinajstić information content (AvgIpc) is 2.48. The quantitative estimate of drug-likeness (QED) is 0.775. The van der Waals surface area contributed by atoms with Gasteiger partial charge < -0.3 is 10.6 Å². The first-order chi connectivity index (χ1) is 10.9. The number of halogens is 3. The molecule has 7 heteroatoms. The Morgan fingerprint density at radius 3 is 2.52 bits per heavy atom. The van der Waals surface area contributed by atoms with Crippen molar-refractivity contribution in [2.24, 2.45) is 0 Å². The lowest BCUT2D eigenvalue weighted by atomic mass is 10.2. The number of hydrogen-bond acceptors (Lipinski definition) is 2. The molecule has 120 valence electrons. The van der Waals surface area contributed by atoms with Crippen LogP contribution in [-0.4, -0.2) is 18.4 Å². The lowest BCUT2D eigenvalue weighted by molar-refractivity contribution is -0.115. The number of amides is 2. The third-order valence-electron chi connectivity index (χ3n) is 3.03. The minimum absolute atomic E-state index is 0.160. The highest BCUT2D eigenvalue weighted by Crippen LogP contribution is 2.21. The molecule has 0 radical (unpaired) electrons. The van der Waals surface area contributed by atoms with E-state index < -0.39 is 5.91 Å². The van der Waals surface area contributed by atoms with Crippen LogP contribution in [0.4, 0.5) is 5.69 Å². The Morgan fingerprint density at radius 2 is 1.87 bits per heavy atom. The van der Waals surface area contributed by atoms with Crippen molar-refractivity contribution in [3.8, 4) is 0 Å². The molecule has 0 bridgehead atoms. The predicted molar refractivity (Wildman–Crippen MR) is 96.3 cm³/mol. The highest BCUT2D eigenvalue weighted by Gasteiger charge is 2.12. The molecule has 0 fully saturated rings. The van der Waals surface area contributed by atoms with Gasteiger partial charge in [-0.25, -0.2) is 0 Å². The zero-order valence-corrected chi connectivity index (χ0v) is 15.2. The first-order valence-electron chi connectivity index (χ1n) is 6.66. The first kappa shape index (κ1) is 17.8. The summed E-state index contributed by atoms with van der Waals surface area (Å²) in [6.07, 6.45) is 0. The van der Waals surface area contributed by atoms with Crippen LogP contribution in [0.3, 0.4) is 0 Å². The Hall–Kier alpha value is -1.56.